The Labute approximate surface area is 109 Å². The summed E-state index contributed by atoms with van der Waals surface area (Å²) in [7, 11) is 0. The second-order valence-electron chi connectivity index (χ2n) is 4.39. The van der Waals surface area contributed by atoms with Crippen molar-refractivity contribution in [3.05, 3.63) is 41.0 Å². The molecule has 1 aromatic rings. The molecule has 2 heteroatoms. The Kier molecular flexibility index (Phi) is 5.02. The van der Waals surface area contributed by atoms with E-state index in [0.29, 0.717) is 12.1 Å². The highest BCUT2D eigenvalue weighted by Crippen LogP contribution is 2.23. The Morgan fingerprint density at radius 3 is 2.50 bits per heavy atom. The van der Waals surface area contributed by atoms with E-state index in [1.54, 1.807) is 6.92 Å². The highest BCUT2D eigenvalue weighted by atomic mass is 16.1. The summed E-state index contributed by atoms with van der Waals surface area (Å²) in [6.07, 6.45) is 2.62. The minimum absolute atomic E-state index is 0.0437. The molecule has 0 saturated carbocycles. The van der Waals surface area contributed by atoms with Crippen LogP contribution in [0.15, 0.2) is 29.3 Å². The number of aryl methyl sites for hydroxylation is 1. The number of hydrogen-bond donors (Lipinski definition) is 0. The average Bonchev–Trinajstić information content (AvgIpc) is 2.34. The van der Waals surface area contributed by atoms with E-state index in [9.17, 15) is 4.79 Å². The molecular weight excluding hydrogens is 222 g/mol. The molecule has 0 N–H and O–H groups in total. The normalized spacial score (nSPS) is 12.7. The molecule has 0 radical (unpaired) electrons. The van der Waals surface area contributed by atoms with Gasteiger partial charge in [-0.05, 0) is 38.3 Å². The molecule has 1 aromatic carbocycles. The van der Waals surface area contributed by atoms with Crippen LogP contribution < -0.4 is 0 Å². The first-order chi connectivity index (χ1) is 8.51. The molecule has 0 aliphatic heterocycles. The number of carbonyl (C=O) groups is 1. The third-order valence-electron chi connectivity index (χ3n) is 3.15. The van der Waals surface area contributed by atoms with E-state index in [2.05, 4.69) is 31.0 Å². The van der Waals surface area contributed by atoms with E-state index in [-0.39, 0.29) is 5.78 Å². The zero-order valence-corrected chi connectivity index (χ0v) is 11.9. The van der Waals surface area contributed by atoms with Crippen LogP contribution in [0.1, 0.15) is 43.9 Å². The maximum Gasteiger partial charge on any atom is 0.173 e. The molecule has 0 atom stereocenters. The number of rotatable bonds is 4. The summed E-state index contributed by atoms with van der Waals surface area (Å²) in [5.74, 6) is 0.0437. The molecule has 0 spiro atoms. The van der Waals surface area contributed by atoms with Gasteiger partial charge in [0.1, 0.15) is 0 Å². The van der Waals surface area contributed by atoms with Crippen LogP contribution in [0.25, 0.3) is 5.70 Å². The molecule has 1 rings (SSSR count). The molecule has 18 heavy (non-hydrogen) atoms. The van der Waals surface area contributed by atoms with E-state index >= 15 is 0 Å². The van der Waals surface area contributed by atoms with E-state index in [1.165, 1.54) is 11.1 Å². The van der Waals surface area contributed by atoms with E-state index in [1.807, 2.05) is 26.0 Å². The monoisotopic (exact) mass is 243 g/mol. The minimum atomic E-state index is 0.0437. The topological polar surface area (TPSA) is 29.4 Å². The van der Waals surface area contributed by atoms with Gasteiger partial charge >= 0.3 is 0 Å². The maximum atomic E-state index is 11.5. The van der Waals surface area contributed by atoms with Gasteiger partial charge in [0.05, 0.1) is 11.4 Å². The third kappa shape index (κ3) is 3.16. The maximum absolute atomic E-state index is 11.5. The fourth-order valence-corrected chi connectivity index (χ4v) is 1.86. The number of carbonyl (C=O) groups excluding carboxylic acids is 1. The van der Waals surface area contributed by atoms with E-state index in [0.717, 1.165) is 11.3 Å². The Hall–Kier alpha value is -1.70. The van der Waals surface area contributed by atoms with Crippen LogP contribution >= 0.6 is 0 Å². The van der Waals surface area contributed by atoms with Crippen LogP contribution in [0, 0.1) is 13.8 Å². The lowest BCUT2D eigenvalue weighted by Gasteiger charge is -2.10. The van der Waals surface area contributed by atoms with Crippen LogP contribution in [0.2, 0.25) is 0 Å². The minimum Gasteiger partial charge on any atom is -0.293 e. The van der Waals surface area contributed by atoms with Crippen molar-refractivity contribution in [1.29, 1.82) is 0 Å². The standard InChI is InChI=1S/C16H21NO/c1-6-15(13(5)18)17-16(7-2)14-10-8-9-11(3)12(14)4/h7-10H,6H2,1-5H3/b16-7-,17-15?. The van der Waals surface area contributed by atoms with Gasteiger partial charge in [0.25, 0.3) is 0 Å². The number of Topliss-reactive ketones (excluding diaryl/α,β-unsaturated/α-hetero) is 1. The number of hydrogen-bond acceptors (Lipinski definition) is 2. The lowest BCUT2D eigenvalue weighted by atomic mass is 10.0. The van der Waals surface area contributed by atoms with Gasteiger partial charge in [-0.3, -0.25) is 4.79 Å². The van der Waals surface area contributed by atoms with Crippen molar-refractivity contribution in [3.63, 3.8) is 0 Å². The van der Waals surface area contributed by atoms with Gasteiger partial charge in [0.15, 0.2) is 5.78 Å². The molecule has 0 unspecified atom stereocenters. The molecule has 0 fully saturated rings. The van der Waals surface area contributed by atoms with Gasteiger partial charge in [-0.1, -0.05) is 31.2 Å². The summed E-state index contributed by atoms with van der Waals surface area (Å²) >= 11 is 0. The summed E-state index contributed by atoms with van der Waals surface area (Å²) in [6, 6.07) is 6.16. The molecule has 96 valence electrons. The van der Waals surface area contributed by atoms with Crippen molar-refractivity contribution < 1.29 is 4.79 Å². The number of ketones is 1. The molecular formula is C16H21NO. The number of allylic oxidation sites excluding steroid dienone is 1. The Bertz CT molecular complexity index is 510. The molecule has 0 saturated heterocycles. The molecule has 0 aromatic heterocycles. The summed E-state index contributed by atoms with van der Waals surface area (Å²) < 4.78 is 0. The third-order valence-corrected chi connectivity index (χ3v) is 3.15. The lowest BCUT2D eigenvalue weighted by molar-refractivity contribution is -0.111. The second-order valence-corrected chi connectivity index (χ2v) is 4.39. The van der Waals surface area contributed by atoms with Crippen molar-refractivity contribution >= 4 is 17.2 Å². The SMILES string of the molecule is C/C=C(\N=C(CC)C(C)=O)c1cccc(C)c1C. The summed E-state index contributed by atoms with van der Waals surface area (Å²) in [5.41, 5.74) is 5.06. The first kappa shape index (κ1) is 14.4. The summed E-state index contributed by atoms with van der Waals surface area (Å²) in [4.78, 5) is 16.0. The molecule has 0 bridgehead atoms. The molecule has 2 nitrogen and oxygen atoms in total. The predicted octanol–water partition coefficient (Wildman–Crippen LogP) is 4.10. The summed E-state index contributed by atoms with van der Waals surface area (Å²) in [5, 5.41) is 0. The Balaban J connectivity index is 3.28. The average molecular weight is 243 g/mol. The van der Waals surface area contributed by atoms with Gasteiger partial charge in [-0.15, -0.1) is 0 Å². The number of benzene rings is 1. The van der Waals surface area contributed by atoms with Crippen molar-refractivity contribution in [1.82, 2.24) is 0 Å². The Morgan fingerprint density at radius 2 is 2.00 bits per heavy atom. The fourth-order valence-electron chi connectivity index (χ4n) is 1.86. The van der Waals surface area contributed by atoms with E-state index < -0.39 is 0 Å². The van der Waals surface area contributed by atoms with Gasteiger partial charge in [0, 0.05) is 12.5 Å². The highest BCUT2D eigenvalue weighted by molar-refractivity contribution is 6.39. The zero-order valence-electron chi connectivity index (χ0n) is 11.9. The van der Waals surface area contributed by atoms with Crippen LogP contribution in [-0.4, -0.2) is 11.5 Å². The van der Waals surface area contributed by atoms with Crippen molar-refractivity contribution in [2.75, 3.05) is 0 Å². The van der Waals surface area contributed by atoms with Gasteiger partial charge < -0.3 is 0 Å². The fraction of sp³-hybridized carbons (Fsp3) is 0.375. The Morgan fingerprint density at radius 1 is 1.33 bits per heavy atom. The van der Waals surface area contributed by atoms with E-state index in [4.69, 9.17) is 0 Å². The van der Waals surface area contributed by atoms with Crippen molar-refractivity contribution in [2.45, 2.75) is 41.0 Å². The molecule has 0 heterocycles. The smallest absolute Gasteiger partial charge is 0.173 e. The first-order valence-electron chi connectivity index (χ1n) is 6.32. The van der Waals surface area contributed by atoms with Crippen LogP contribution in [0.3, 0.4) is 0 Å². The van der Waals surface area contributed by atoms with Crippen LogP contribution in [-0.2, 0) is 4.79 Å². The molecule has 0 aliphatic carbocycles. The largest absolute Gasteiger partial charge is 0.293 e. The highest BCUT2D eigenvalue weighted by Gasteiger charge is 2.08. The predicted molar refractivity (Wildman–Crippen MR) is 78.0 cm³/mol. The van der Waals surface area contributed by atoms with Crippen LogP contribution in [0.4, 0.5) is 0 Å². The number of aliphatic imine (C=N–C) groups is 1. The molecule has 0 amide bonds. The zero-order chi connectivity index (χ0) is 13.7. The second kappa shape index (κ2) is 6.29. The summed E-state index contributed by atoms with van der Waals surface area (Å²) in [6.45, 7) is 9.65. The van der Waals surface area contributed by atoms with Crippen molar-refractivity contribution in [2.24, 2.45) is 4.99 Å². The van der Waals surface area contributed by atoms with Crippen molar-refractivity contribution in [3.8, 4) is 0 Å². The van der Waals surface area contributed by atoms with Gasteiger partial charge in [-0.2, -0.15) is 0 Å². The lowest BCUT2D eigenvalue weighted by Crippen LogP contribution is -2.08. The van der Waals surface area contributed by atoms with Crippen LogP contribution in [0.5, 0.6) is 0 Å². The van der Waals surface area contributed by atoms with Gasteiger partial charge in [-0.25, -0.2) is 4.99 Å². The number of nitrogens with zero attached hydrogens (tertiary/aromatic N) is 1. The van der Waals surface area contributed by atoms with Gasteiger partial charge in [0.2, 0.25) is 0 Å². The molecule has 0 aliphatic rings. The quantitative estimate of drug-likeness (QED) is 0.732. The first-order valence-corrected chi connectivity index (χ1v) is 6.32.